The van der Waals surface area contributed by atoms with E-state index < -0.39 is 6.04 Å². The summed E-state index contributed by atoms with van der Waals surface area (Å²) in [6.07, 6.45) is 0.869. The van der Waals surface area contributed by atoms with E-state index in [-0.39, 0.29) is 12.8 Å². The molecule has 1 unspecified atom stereocenters. The largest absolute Gasteiger partial charge is 0.454 e. The number of aromatic nitrogens is 2. The first-order valence-corrected chi connectivity index (χ1v) is 12.2. The molecule has 2 amide bonds. The summed E-state index contributed by atoms with van der Waals surface area (Å²) in [6.45, 7) is 6.23. The van der Waals surface area contributed by atoms with Gasteiger partial charge in [-0.25, -0.2) is 4.79 Å². The van der Waals surface area contributed by atoms with Crippen molar-refractivity contribution in [1.29, 1.82) is 0 Å². The molecule has 4 aromatic rings. The minimum atomic E-state index is -0.455. The maximum atomic E-state index is 13.5. The molecule has 1 atom stereocenters. The number of hydrogen-bond acceptors (Lipinski definition) is 6. The summed E-state index contributed by atoms with van der Waals surface area (Å²) < 4.78 is 16.7. The molecule has 0 radical (unpaired) electrons. The smallest absolute Gasteiger partial charge is 0.326 e. The molecule has 2 aliphatic rings. The van der Waals surface area contributed by atoms with Crippen molar-refractivity contribution in [3.63, 3.8) is 0 Å². The Balaban J connectivity index is 1.47. The molecule has 2 aliphatic heterocycles. The Hall–Kier alpha value is -4.59. The molecule has 1 aromatic heterocycles. The van der Waals surface area contributed by atoms with Crippen molar-refractivity contribution in [3.05, 3.63) is 95.0 Å². The van der Waals surface area contributed by atoms with Gasteiger partial charge in [0.05, 0.1) is 17.3 Å². The van der Waals surface area contributed by atoms with E-state index in [1.54, 1.807) is 4.90 Å². The summed E-state index contributed by atoms with van der Waals surface area (Å²) in [4.78, 5) is 19.9. The van der Waals surface area contributed by atoms with Crippen LogP contribution in [-0.4, -0.2) is 23.0 Å². The summed E-state index contributed by atoms with van der Waals surface area (Å²) in [5.41, 5.74) is 6.20. The predicted octanol–water partition coefficient (Wildman–Crippen LogP) is 6.04. The second kappa shape index (κ2) is 9.13. The minimum absolute atomic E-state index is 0.190. The van der Waals surface area contributed by atoms with E-state index in [0.717, 1.165) is 45.6 Å². The van der Waals surface area contributed by atoms with Crippen LogP contribution in [0.2, 0.25) is 0 Å². The van der Waals surface area contributed by atoms with Gasteiger partial charge >= 0.3 is 6.03 Å². The number of ether oxygens (including phenoxy) is 2. The molecule has 37 heavy (non-hydrogen) atoms. The van der Waals surface area contributed by atoms with Gasteiger partial charge in [-0.1, -0.05) is 54.0 Å². The molecule has 0 aliphatic carbocycles. The number of anilines is 1. The number of allylic oxidation sites excluding steroid dienone is 1. The van der Waals surface area contributed by atoms with E-state index in [1.807, 2.05) is 74.5 Å². The summed E-state index contributed by atoms with van der Waals surface area (Å²) in [5, 5.41) is 7.43. The van der Waals surface area contributed by atoms with Gasteiger partial charge in [0.1, 0.15) is 0 Å². The van der Waals surface area contributed by atoms with Gasteiger partial charge in [0.15, 0.2) is 11.5 Å². The van der Waals surface area contributed by atoms with E-state index in [0.29, 0.717) is 23.2 Å². The number of aryl methyl sites for hydroxylation is 2. The highest BCUT2D eigenvalue weighted by Gasteiger charge is 2.36. The van der Waals surface area contributed by atoms with E-state index in [9.17, 15) is 4.79 Å². The lowest BCUT2D eigenvalue weighted by molar-refractivity contribution is 0.174. The van der Waals surface area contributed by atoms with Gasteiger partial charge in [-0.15, -0.1) is 0 Å². The van der Waals surface area contributed by atoms with Crippen molar-refractivity contribution >= 4 is 17.3 Å². The third-order valence-electron chi connectivity index (χ3n) is 6.76. The molecule has 186 valence electrons. The van der Waals surface area contributed by atoms with Crippen molar-refractivity contribution in [2.45, 2.75) is 33.2 Å². The Morgan fingerprint density at radius 2 is 1.81 bits per heavy atom. The van der Waals surface area contributed by atoms with Crippen LogP contribution in [-0.2, 0) is 6.42 Å². The first-order valence-electron chi connectivity index (χ1n) is 12.2. The van der Waals surface area contributed by atoms with Crippen LogP contribution in [0.5, 0.6) is 11.5 Å². The molecule has 0 fully saturated rings. The summed E-state index contributed by atoms with van der Waals surface area (Å²) in [6, 6.07) is 20.9. The molecular weight excluding hydrogens is 468 g/mol. The number of carbonyl (C=O) groups is 1. The zero-order valence-electron chi connectivity index (χ0n) is 20.8. The quantitative estimate of drug-likeness (QED) is 0.364. The lowest BCUT2D eigenvalue weighted by atomic mass is 9.94. The van der Waals surface area contributed by atoms with Crippen LogP contribution in [0.15, 0.2) is 77.0 Å². The van der Waals surface area contributed by atoms with Crippen molar-refractivity contribution in [3.8, 4) is 22.9 Å². The van der Waals surface area contributed by atoms with Gasteiger partial charge in [-0.05, 0) is 61.7 Å². The van der Waals surface area contributed by atoms with Crippen molar-refractivity contribution < 1.29 is 18.8 Å². The van der Waals surface area contributed by atoms with Gasteiger partial charge in [-0.3, -0.25) is 4.90 Å². The molecule has 0 saturated heterocycles. The standard InChI is InChI=1S/C29H26N4O4/c1-4-19-6-5-7-22(14-19)33-18(3)25(26(30-29(33)34)20-10-8-17(2)9-11-20)28-31-27(32-37-28)21-12-13-23-24(15-21)36-16-35-23/h5-15,26H,4,16H2,1-3H3,(H,30,34). The van der Waals surface area contributed by atoms with E-state index in [2.05, 4.69) is 23.5 Å². The number of carbonyl (C=O) groups excluding carboxylic acids is 1. The highest BCUT2D eigenvalue weighted by molar-refractivity contribution is 6.01. The minimum Gasteiger partial charge on any atom is -0.454 e. The van der Waals surface area contributed by atoms with Crippen molar-refractivity contribution in [2.75, 3.05) is 11.7 Å². The highest BCUT2D eigenvalue weighted by Crippen LogP contribution is 2.40. The number of rotatable bonds is 5. The Morgan fingerprint density at radius 1 is 1.00 bits per heavy atom. The number of hydrogen-bond donors (Lipinski definition) is 1. The zero-order chi connectivity index (χ0) is 25.5. The van der Waals surface area contributed by atoms with Gasteiger partial charge in [0, 0.05) is 11.3 Å². The fourth-order valence-corrected chi connectivity index (χ4v) is 4.74. The monoisotopic (exact) mass is 494 g/mol. The van der Waals surface area contributed by atoms with Gasteiger partial charge in [-0.2, -0.15) is 4.98 Å². The Bertz CT molecular complexity index is 1520. The number of fused-ring (bicyclic) bond motifs is 1. The molecule has 0 saturated carbocycles. The molecule has 3 aromatic carbocycles. The van der Waals surface area contributed by atoms with E-state index >= 15 is 0 Å². The van der Waals surface area contributed by atoms with Crippen LogP contribution >= 0.6 is 0 Å². The molecule has 3 heterocycles. The normalized spacial score (nSPS) is 16.8. The molecule has 8 nitrogen and oxygen atoms in total. The highest BCUT2D eigenvalue weighted by atomic mass is 16.7. The second-order valence-corrected chi connectivity index (χ2v) is 9.14. The van der Waals surface area contributed by atoms with Crippen LogP contribution in [0.1, 0.15) is 42.5 Å². The predicted molar refractivity (Wildman–Crippen MR) is 139 cm³/mol. The molecular formula is C29H26N4O4. The number of nitrogens with zero attached hydrogens (tertiary/aromatic N) is 3. The molecule has 0 spiro atoms. The third-order valence-corrected chi connectivity index (χ3v) is 6.76. The third kappa shape index (κ3) is 4.10. The number of urea groups is 1. The molecule has 1 N–H and O–H groups in total. The maximum absolute atomic E-state index is 13.5. The van der Waals surface area contributed by atoms with E-state index in [1.165, 1.54) is 0 Å². The van der Waals surface area contributed by atoms with Crippen LogP contribution in [0, 0.1) is 6.92 Å². The fraction of sp³-hybridized carbons (Fsp3) is 0.207. The lowest BCUT2D eigenvalue weighted by Crippen LogP contribution is -2.46. The summed E-state index contributed by atoms with van der Waals surface area (Å²) >= 11 is 0. The number of amides is 2. The number of benzene rings is 3. The fourth-order valence-electron chi connectivity index (χ4n) is 4.74. The topological polar surface area (TPSA) is 89.7 Å². The van der Waals surface area contributed by atoms with Crippen LogP contribution in [0.4, 0.5) is 10.5 Å². The molecule has 6 rings (SSSR count). The van der Waals surface area contributed by atoms with Crippen molar-refractivity contribution in [2.24, 2.45) is 0 Å². The SMILES string of the molecule is CCc1cccc(N2C(=O)NC(c3ccc(C)cc3)C(c3nc(-c4ccc5c(c4)OCO5)no3)=C2C)c1. The Labute approximate surface area is 214 Å². The Kier molecular flexibility index (Phi) is 5.64. The average molecular weight is 495 g/mol. The van der Waals surface area contributed by atoms with Crippen LogP contribution < -0.4 is 19.7 Å². The first-order chi connectivity index (χ1) is 18.0. The van der Waals surface area contributed by atoms with Crippen molar-refractivity contribution in [1.82, 2.24) is 15.5 Å². The second-order valence-electron chi connectivity index (χ2n) is 9.14. The molecule has 0 bridgehead atoms. The lowest BCUT2D eigenvalue weighted by Gasteiger charge is -2.35. The van der Waals surface area contributed by atoms with Crippen LogP contribution in [0.25, 0.3) is 17.0 Å². The van der Waals surface area contributed by atoms with Gasteiger partial charge in [0.2, 0.25) is 12.6 Å². The summed E-state index contributed by atoms with van der Waals surface area (Å²) in [5.74, 6) is 2.09. The number of nitrogens with one attached hydrogen (secondary N) is 1. The van der Waals surface area contributed by atoms with E-state index in [4.69, 9.17) is 19.0 Å². The van der Waals surface area contributed by atoms with Gasteiger partial charge < -0.3 is 19.3 Å². The zero-order valence-corrected chi connectivity index (χ0v) is 20.8. The maximum Gasteiger partial charge on any atom is 0.326 e. The van der Waals surface area contributed by atoms with Gasteiger partial charge in [0.25, 0.3) is 5.89 Å². The summed E-state index contributed by atoms with van der Waals surface area (Å²) in [7, 11) is 0. The Morgan fingerprint density at radius 3 is 2.62 bits per heavy atom. The average Bonchev–Trinajstić information content (AvgIpc) is 3.58. The van der Waals surface area contributed by atoms with Crippen LogP contribution in [0.3, 0.4) is 0 Å². The molecule has 8 heteroatoms. The first kappa shape index (κ1) is 22.8.